The Morgan fingerprint density at radius 2 is 1.96 bits per heavy atom. The third-order valence-corrected chi connectivity index (χ3v) is 7.08. The summed E-state index contributed by atoms with van der Waals surface area (Å²) >= 11 is 1.60. The molecule has 0 N–H and O–H groups in total. The summed E-state index contributed by atoms with van der Waals surface area (Å²) < 4.78 is 6.64. The third-order valence-electron chi connectivity index (χ3n) is 6.29. The van der Waals surface area contributed by atoms with Gasteiger partial charge in [-0.05, 0) is 49.8 Å². The van der Waals surface area contributed by atoms with Crippen LogP contribution >= 0.6 is 11.3 Å². The number of hydrogen-bond acceptors (Lipinski definition) is 5. The van der Waals surface area contributed by atoms with E-state index in [0.29, 0.717) is 18.0 Å². The van der Waals surface area contributed by atoms with E-state index >= 15 is 0 Å². The second kappa shape index (κ2) is 6.91. The molecule has 4 aliphatic rings. The Balaban J connectivity index is 1.36. The molecule has 2 atom stereocenters. The number of hydrogen-bond donors (Lipinski definition) is 0. The molecule has 5 heterocycles. The third kappa shape index (κ3) is 3.04. The topological polar surface area (TPSA) is 45.7 Å². The lowest BCUT2D eigenvalue weighted by Crippen LogP contribution is -2.48. The van der Waals surface area contributed by atoms with Gasteiger partial charge in [0, 0.05) is 50.5 Å². The van der Waals surface area contributed by atoms with E-state index in [-0.39, 0.29) is 5.91 Å². The summed E-state index contributed by atoms with van der Waals surface area (Å²) in [6, 6.07) is 6.92. The number of nitrogens with zero attached hydrogens (tertiary/aromatic N) is 3. The molecule has 6 rings (SSSR count). The second-order valence-corrected chi connectivity index (χ2v) is 8.77. The molecule has 1 amide bonds. The molecular formula is C20H25N3O2S. The van der Waals surface area contributed by atoms with Crippen molar-refractivity contribution in [2.24, 2.45) is 5.92 Å². The largest absolute Gasteiger partial charge is 0.381 e. The predicted molar refractivity (Wildman–Crippen MR) is 103 cm³/mol. The van der Waals surface area contributed by atoms with Crippen LogP contribution < -0.4 is 0 Å². The van der Waals surface area contributed by atoms with E-state index in [0.717, 1.165) is 67.9 Å². The van der Waals surface area contributed by atoms with Crippen molar-refractivity contribution in [1.82, 2.24) is 14.8 Å². The van der Waals surface area contributed by atoms with Crippen molar-refractivity contribution >= 4 is 27.5 Å². The van der Waals surface area contributed by atoms with Gasteiger partial charge in [0.05, 0.1) is 15.7 Å². The normalized spacial score (nSPS) is 27.8. The van der Waals surface area contributed by atoms with Gasteiger partial charge in [-0.3, -0.25) is 9.69 Å². The van der Waals surface area contributed by atoms with Crippen LogP contribution in [0.15, 0.2) is 23.7 Å². The summed E-state index contributed by atoms with van der Waals surface area (Å²) in [5.74, 6) is 0.802. The van der Waals surface area contributed by atoms with E-state index < -0.39 is 0 Å². The SMILES string of the molecule is O=C(c1ccc2ncsc2c1)N1C[C@H]2CC[C@@H]1CN(C1CCOCC1)C2. The van der Waals surface area contributed by atoms with E-state index in [1.54, 1.807) is 11.3 Å². The molecule has 2 bridgehead atoms. The van der Waals surface area contributed by atoms with Crippen molar-refractivity contribution in [3.05, 3.63) is 29.3 Å². The number of aromatic nitrogens is 1. The van der Waals surface area contributed by atoms with Crippen LogP contribution in [-0.4, -0.2) is 65.6 Å². The average molecular weight is 372 g/mol. The molecule has 1 aromatic heterocycles. The Labute approximate surface area is 157 Å². The predicted octanol–water partition coefficient (Wildman–Crippen LogP) is 3.01. The summed E-state index contributed by atoms with van der Waals surface area (Å²) in [6.45, 7) is 4.83. The monoisotopic (exact) mass is 371 g/mol. The van der Waals surface area contributed by atoms with E-state index in [1.807, 2.05) is 23.7 Å². The van der Waals surface area contributed by atoms with E-state index in [4.69, 9.17) is 4.74 Å². The standard InChI is InChI=1S/C20H25N3O2S/c24-20(15-2-4-18-19(9-15)26-13-21-18)23-11-14-1-3-17(23)12-22(10-14)16-5-7-25-8-6-16/h2,4,9,13-14,16-17H,1,3,5-8,10-12H2/t14-,17+/m0/s1. The lowest BCUT2D eigenvalue weighted by molar-refractivity contribution is 0.0304. The fraction of sp³-hybridized carbons (Fsp3) is 0.600. The van der Waals surface area contributed by atoms with Crippen molar-refractivity contribution < 1.29 is 9.53 Å². The molecule has 5 nitrogen and oxygen atoms in total. The summed E-state index contributed by atoms with van der Waals surface area (Å²) in [5, 5.41) is 0. The molecule has 4 saturated heterocycles. The first-order valence-corrected chi connectivity index (χ1v) is 10.6. The lowest BCUT2D eigenvalue weighted by Gasteiger charge is -2.37. The number of ether oxygens (including phenoxy) is 1. The zero-order valence-corrected chi connectivity index (χ0v) is 15.8. The minimum atomic E-state index is 0.198. The van der Waals surface area contributed by atoms with Crippen LogP contribution in [0.25, 0.3) is 10.2 Å². The summed E-state index contributed by atoms with van der Waals surface area (Å²) in [6.07, 6.45) is 4.66. The van der Waals surface area contributed by atoms with Crippen molar-refractivity contribution in [3.63, 3.8) is 0 Å². The zero-order chi connectivity index (χ0) is 17.5. The van der Waals surface area contributed by atoms with Crippen molar-refractivity contribution in [2.45, 2.75) is 37.8 Å². The van der Waals surface area contributed by atoms with E-state index in [2.05, 4.69) is 14.8 Å². The van der Waals surface area contributed by atoms with E-state index in [1.165, 1.54) is 6.42 Å². The first-order valence-electron chi connectivity index (χ1n) is 9.74. The molecule has 0 unspecified atom stereocenters. The number of carbonyl (C=O) groups is 1. The summed E-state index contributed by atoms with van der Waals surface area (Å²) in [4.78, 5) is 22.4. The minimum absolute atomic E-state index is 0.198. The Morgan fingerprint density at radius 1 is 1.08 bits per heavy atom. The number of carbonyl (C=O) groups excluding carboxylic acids is 1. The van der Waals surface area contributed by atoms with Gasteiger partial charge in [0.1, 0.15) is 0 Å². The van der Waals surface area contributed by atoms with Gasteiger partial charge in [0.25, 0.3) is 5.91 Å². The molecule has 0 aliphatic carbocycles. The van der Waals surface area contributed by atoms with Gasteiger partial charge in [0.15, 0.2) is 0 Å². The van der Waals surface area contributed by atoms with Crippen molar-refractivity contribution in [3.8, 4) is 0 Å². The molecular weight excluding hydrogens is 346 g/mol. The van der Waals surface area contributed by atoms with Gasteiger partial charge < -0.3 is 9.64 Å². The van der Waals surface area contributed by atoms with Crippen LogP contribution in [0.5, 0.6) is 0 Å². The molecule has 2 aromatic rings. The number of fused-ring (bicyclic) bond motifs is 5. The number of amides is 1. The highest BCUT2D eigenvalue weighted by molar-refractivity contribution is 7.16. The molecule has 4 fully saturated rings. The molecule has 0 spiro atoms. The molecule has 26 heavy (non-hydrogen) atoms. The van der Waals surface area contributed by atoms with Gasteiger partial charge in [-0.2, -0.15) is 0 Å². The quantitative estimate of drug-likeness (QED) is 0.814. The Morgan fingerprint density at radius 3 is 2.85 bits per heavy atom. The lowest BCUT2D eigenvalue weighted by atomic mass is 9.94. The summed E-state index contributed by atoms with van der Waals surface area (Å²) in [5.41, 5.74) is 3.64. The smallest absolute Gasteiger partial charge is 0.254 e. The highest BCUT2D eigenvalue weighted by Gasteiger charge is 2.39. The fourth-order valence-electron chi connectivity index (χ4n) is 4.87. The number of piperidine rings is 1. The fourth-order valence-corrected chi connectivity index (χ4v) is 5.59. The molecule has 6 heteroatoms. The van der Waals surface area contributed by atoms with Crippen molar-refractivity contribution in [2.75, 3.05) is 32.8 Å². The number of benzene rings is 1. The van der Waals surface area contributed by atoms with Gasteiger partial charge in [-0.1, -0.05) is 0 Å². The van der Waals surface area contributed by atoms with E-state index in [9.17, 15) is 4.79 Å². The maximum absolute atomic E-state index is 13.3. The van der Waals surface area contributed by atoms with Gasteiger partial charge in [-0.15, -0.1) is 11.3 Å². The first-order chi connectivity index (χ1) is 12.8. The van der Waals surface area contributed by atoms with Gasteiger partial charge in [-0.25, -0.2) is 4.98 Å². The number of thiazole rings is 1. The molecule has 0 saturated carbocycles. The van der Waals surface area contributed by atoms with Crippen LogP contribution in [0.1, 0.15) is 36.0 Å². The van der Waals surface area contributed by atoms with Gasteiger partial charge in [0.2, 0.25) is 0 Å². The van der Waals surface area contributed by atoms with Crippen LogP contribution in [0.3, 0.4) is 0 Å². The average Bonchev–Trinajstić information content (AvgIpc) is 2.97. The molecule has 0 radical (unpaired) electrons. The number of rotatable bonds is 2. The Bertz CT molecular complexity index is 801. The molecule has 4 aliphatic heterocycles. The zero-order valence-electron chi connectivity index (χ0n) is 15.0. The highest BCUT2D eigenvalue weighted by Crippen LogP contribution is 2.32. The minimum Gasteiger partial charge on any atom is -0.381 e. The maximum atomic E-state index is 13.3. The Kier molecular flexibility index (Phi) is 4.43. The second-order valence-electron chi connectivity index (χ2n) is 7.89. The Hall–Kier alpha value is -1.50. The van der Waals surface area contributed by atoms with Crippen LogP contribution in [0.2, 0.25) is 0 Å². The van der Waals surface area contributed by atoms with Crippen molar-refractivity contribution in [1.29, 1.82) is 0 Å². The first kappa shape index (κ1) is 16.7. The van der Waals surface area contributed by atoms with Crippen LogP contribution in [0.4, 0.5) is 0 Å². The highest BCUT2D eigenvalue weighted by atomic mass is 32.1. The summed E-state index contributed by atoms with van der Waals surface area (Å²) in [7, 11) is 0. The molecule has 138 valence electrons. The maximum Gasteiger partial charge on any atom is 0.254 e. The van der Waals surface area contributed by atoms with Crippen LogP contribution in [0, 0.1) is 5.92 Å². The van der Waals surface area contributed by atoms with Crippen LogP contribution in [-0.2, 0) is 4.74 Å². The van der Waals surface area contributed by atoms with Gasteiger partial charge >= 0.3 is 0 Å². The molecule has 1 aromatic carbocycles.